The molecule has 1 saturated carbocycles. The smallest absolute Gasteiger partial charge is 0.307 e. The fraction of sp³-hybridized carbons (Fsp3) is 0.556. The summed E-state index contributed by atoms with van der Waals surface area (Å²) in [7, 11) is 0. The molecule has 1 N–H and O–H groups in total. The Hall–Kier alpha value is -2.38. The molecule has 1 saturated heterocycles. The number of piperidine rings is 1. The highest BCUT2D eigenvalue weighted by Gasteiger charge is 2.27. The van der Waals surface area contributed by atoms with E-state index in [1.54, 1.807) is 0 Å². The zero-order valence-corrected chi connectivity index (χ0v) is 20.7. The number of carbonyl (C=O) groups is 3. The molecule has 6 nitrogen and oxygen atoms in total. The highest BCUT2D eigenvalue weighted by Crippen LogP contribution is 2.30. The number of benzene rings is 1. The number of aromatic nitrogens is 1. The van der Waals surface area contributed by atoms with Crippen LogP contribution in [0.2, 0.25) is 0 Å². The predicted octanol–water partition coefficient (Wildman–Crippen LogP) is 4.52. The van der Waals surface area contributed by atoms with E-state index in [1.807, 2.05) is 30.5 Å². The average Bonchev–Trinajstić information content (AvgIpc) is 3.51. The monoisotopic (exact) mass is 482 g/mol. The van der Waals surface area contributed by atoms with E-state index in [-0.39, 0.29) is 36.2 Å². The summed E-state index contributed by atoms with van der Waals surface area (Å²) < 4.78 is 0. The molecule has 182 valence electrons. The van der Waals surface area contributed by atoms with E-state index in [0.717, 1.165) is 85.4 Å². The number of nitrogens with zero attached hydrogens (tertiary/aromatic N) is 2. The summed E-state index contributed by atoms with van der Waals surface area (Å²) in [4.78, 5) is 44.1. The van der Waals surface area contributed by atoms with Crippen molar-refractivity contribution in [2.45, 2.75) is 64.7 Å². The van der Waals surface area contributed by atoms with E-state index in [1.165, 1.54) is 11.3 Å². The van der Waals surface area contributed by atoms with Gasteiger partial charge in [0, 0.05) is 42.8 Å². The molecule has 0 bridgehead atoms. The summed E-state index contributed by atoms with van der Waals surface area (Å²) in [6.45, 7) is 4.30. The van der Waals surface area contributed by atoms with Crippen LogP contribution >= 0.6 is 11.3 Å². The Kier molecular flexibility index (Phi) is 8.27. The van der Waals surface area contributed by atoms with Crippen molar-refractivity contribution in [3.8, 4) is 0 Å². The Morgan fingerprint density at radius 3 is 2.62 bits per heavy atom. The lowest BCUT2D eigenvalue weighted by atomic mass is 9.90. The Bertz CT molecular complexity index is 1040. The van der Waals surface area contributed by atoms with Crippen LogP contribution in [-0.4, -0.2) is 52.2 Å². The second-order valence-corrected chi connectivity index (χ2v) is 10.8. The maximum absolute atomic E-state index is 13.1. The van der Waals surface area contributed by atoms with Crippen LogP contribution in [0, 0.1) is 18.8 Å². The Labute approximate surface area is 205 Å². The van der Waals surface area contributed by atoms with E-state index in [4.69, 9.17) is 0 Å². The number of hydrogen-bond donors (Lipinski definition) is 1. The van der Waals surface area contributed by atoms with Gasteiger partial charge in [-0.15, -0.1) is 11.3 Å². The number of likely N-dealkylation sites (tertiary alicyclic amines) is 1. The molecular weight excluding hydrogens is 448 g/mol. The minimum atomic E-state index is -0.708. The van der Waals surface area contributed by atoms with Gasteiger partial charge in [0.1, 0.15) is 10.8 Å². The van der Waals surface area contributed by atoms with Crippen LogP contribution in [0.3, 0.4) is 0 Å². The SMILES string of the molecule is Cc1ccc(CC(=O)Cc2nc(CCN3CCC[C@H](C(=O)O)C3)cs2)c(C(=O)C2CCCC2)c1. The lowest BCUT2D eigenvalue weighted by Gasteiger charge is -2.30. The van der Waals surface area contributed by atoms with E-state index >= 15 is 0 Å². The van der Waals surface area contributed by atoms with E-state index in [0.29, 0.717) is 6.54 Å². The van der Waals surface area contributed by atoms with Gasteiger partial charge in [-0.2, -0.15) is 0 Å². The average molecular weight is 483 g/mol. The van der Waals surface area contributed by atoms with Gasteiger partial charge in [-0.05, 0) is 50.8 Å². The van der Waals surface area contributed by atoms with E-state index in [2.05, 4.69) is 9.88 Å². The third-order valence-corrected chi connectivity index (χ3v) is 8.03. The van der Waals surface area contributed by atoms with E-state index in [9.17, 15) is 19.5 Å². The first kappa shape index (κ1) is 24.7. The van der Waals surface area contributed by atoms with Crippen molar-refractivity contribution in [1.82, 2.24) is 9.88 Å². The Balaban J connectivity index is 1.32. The molecule has 2 heterocycles. The zero-order valence-electron chi connectivity index (χ0n) is 19.9. The predicted molar refractivity (Wildman–Crippen MR) is 133 cm³/mol. The summed E-state index contributed by atoms with van der Waals surface area (Å²) in [5.41, 5.74) is 3.56. The molecule has 2 fully saturated rings. The van der Waals surface area contributed by atoms with Crippen LogP contribution in [-0.2, 0) is 28.9 Å². The lowest BCUT2D eigenvalue weighted by Crippen LogP contribution is -2.39. The molecule has 34 heavy (non-hydrogen) atoms. The quantitative estimate of drug-likeness (QED) is 0.501. The fourth-order valence-corrected chi connectivity index (χ4v) is 6.06. The Morgan fingerprint density at radius 2 is 1.85 bits per heavy atom. The van der Waals surface area contributed by atoms with Crippen LogP contribution < -0.4 is 0 Å². The van der Waals surface area contributed by atoms with Crippen molar-refractivity contribution in [2.24, 2.45) is 11.8 Å². The highest BCUT2D eigenvalue weighted by atomic mass is 32.1. The molecule has 1 aliphatic carbocycles. The summed E-state index contributed by atoms with van der Waals surface area (Å²) in [6.07, 6.45) is 7.10. The number of thiazole rings is 1. The van der Waals surface area contributed by atoms with Gasteiger partial charge in [-0.25, -0.2) is 4.98 Å². The Morgan fingerprint density at radius 1 is 1.09 bits per heavy atom. The number of aliphatic carboxylic acids is 1. The first-order valence-corrected chi connectivity index (χ1v) is 13.3. The molecule has 1 aliphatic heterocycles. The number of carbonyl (C=O) groups excluding carboxylic acids is 2. The number of aryl methyl sites for hydroxylation is 1. The van der Waals surface area contributed by atoms with Crippen molar-refractivity contribution >= 4 is 28.9 Å². The number of ketones is 2. The number of carboxylic acid groups (broad SMARTS) is 1. The third-order valence-electron chi connectivity index (χ3n) is 7.13. The number of Topliss-reactive ketones (excluding diaryl/α,β-unsaturated/α-hetero) is 2. The maximum Gasteiger partial charge on any atom is 0.307 e. The molecule has 1 aromatic heterocycles. The van der Waals surface area contributed by atoms with Crippen LogP contribution in [0.15, 0.2) is 23.6 Å². The van der Waals surface area contributed by atoms with Gasteiger partial charge in [0.15, 0.2) is 5.78 Å². The van der Waals surface area contributed by atoms with Crippen LogP contribution in [0.4, 0.5) is 0 Å². The minimum absolute atomic E-state index is 0.0746. The number of hydrogen-bond acceptors (Lipinski definition) is 6. The summed E-state index contributed by atoms with van der Waals surface area (Å²) >= 11 is 1.50. The van der Waals surface area contributed by atoms with Gasteiger partial charge in [-0.1, -0.05) is 30.5 Å². The van der Waals surface area contributed by atoms with Gasteiger partial charge in [0.25, 0.3) is 0 Å². The topological polar surface area (TPSA) is 87.6 Å². The summed E-state index contributed by atoms with van der Waals surface area (Å²) in [6, 6.07) is 5.86. The molecule has 0 amide bonds. The standard InChI is InChI=1S/C27H34N2O4S/c1-18-8-9-20(24(13-18)26(31)19-5-2-3-6-19)14-23(30)15-25-28-22(17-34-25)10-12-29-11-4-7-21(16-29)27(32)33/h8-9,13,17,19,21H,2-7,10-12,14-16H2,1H3,(H,32,33)/t21-/m0/s1. The molecule has 4 rings (SSSR count). The van der Waals surface area contributed by atoms with E-state index < -0.39 is 5.97 Å². The molecule has 1 atom stereocenters. The molecule has 0 radical (unpaired) electrons. The molecule has 2 aromatic rings. The van der Waals surface area contributed by atoms with Gasteiger partial charge in [0.2, 0.25) is 0 Å². The molecule has 0 spiro atoms. The maximum atomic E-state index is 13.1. The second-order valence-electron chi connectivity index (χ2n) is 9.86. The van der Waals surface area contributed by atoms with Crippen molar-refractivity contribution in [2.75, 3.05) is 19.6 Å². The second kappa shape index (κ2) is 11.4. The van der Waals surface area contributed by atoms with Gasteiger partial charge >= 0.3 is 5.97 Å². The third kappa shape index (κ3) is 6.39. The molecule has 2 aliphatic rings. The number of rotatable bonds is 10. The van der Waals surface area contributed by atoms with Crippen molar-refractivity contribution in [3.05, 3.63) is 51.0 Å². The molecular formula is C27H34N2O4S. The molecule has 7 heteroatoms. The largest absolute Gasteiger partial charge is 0.481 e. The fourth-order valence-electron chi connectivity index (χ4n) is 5.20. The van der Waals surface area contributed by atoms with Crippen molar-refractivity contribution in [1.29, 1.82) is 0 Å². The van der Waals surface area contributed by atoms with Crippen molar-refractivity contribution < 1.29 is 19.5 Å². The first-order valence-electron chi connectivity index (χ1n) is 12.4. The van der Waals surface area contributed by atoms with Crippen LogP contribution in [0.25, 0.3) is 0 Å². The summed E-state index contributed by atoms with van der Waals surface area (Å²) in [5, 5.41) is 12.1. The molecule has 0 unspecified atom stereocenters. The number of carboxylic acids is 1. The minimum Gasteiger partial charge on any atom is -0.481 e. The first-order chi connectivity index (χ1) is 16.4. The van der Waals surface area contributed by atoms with Gasteiger partial charge < -0.3 is 10.0 Å². The normalized spacial score (nSPS) is 19.4. The summed E-state index contributed by atoms with van der Waals surface area (Å²) in [5.74, 6) is -0.609. The molecule has 1 aromatic carbocycles. The van der Waals surface area contributed by atoms with Crippen LogP contribution in [0.1, 0.15) is 70.7 Å². The van der Waals surface area contributed by atoms with Gasteiger partial charge in [-0.3, -0.25) is 14.4 Å². The van der Waals surface area contributed by atoms with Crippen LogP contribution in [0.5, 0.6) is 0 Å². The highest BCUT2D eigenvalue weighted by molar-refractivity contribution is 7.09. The van der Waals surface area contributed by atoms with Crippen molar-refractivity contribution in [3.63, 3.8) is 0 Å². The lowest BCUT2D eigenvalue weighted by molar-refractivity contribution is -0.143. The van der Waals surface area contributed by atoms with Gasteiger partial charge in [0.05, 0.1) is 18.0 Å². The zero-order chi connectivity index (χ0) is 24.1.